The number of benzene rings is 2. The van der Waals surface area contributed by atoms with Crippen LogP contribution in [0, 0.1) is 0 Å². The highest BCUT2D eigenvalue weighted by Crippen LogP contribution is 2.40. The van der Waals surface area contributed by atoms with Crippen molar-refractivity contribution in [1.82, 2.24) is 14.9 Å². The van der Waals surface area contributed by atoms with Crippen molar-refractivity contribution in [1.29, 1.82) is 0 Å². The molecular weight excluding hydrogens is 382 g/mol. The van der Waals surface area contributed by atoms with Crippen LogP contribution in [0.2, 0.25) is 0 Å². The number of hydrogen-bond acceptors (Lipinski definition) is 5. The molecule has 0 fully saturated rings. The van der Waals surface area contributed by atoms with Gasteiger partial charge in [0.25, 0.3) is 0 Å². The van der Waals surface area contributed by atoms with E-state index >= 15 is 0 Å². The highest BCUT2D eigenvalue weighted by Gasteiger charge is 2.24. The topological polar surface area (TPSA) is 55.3 Å². The summed E-state index contributed by atoms with van der Waals surface area (Å²) in [5.74, 6) is 2.48. The van der Waals surface area contributed by atoms with E-state index in [1.54, 1.807) is 0 Å². The molecule has 1 amide bonds. The van der Waals surface area contributed by atoms with Gasteiger partial charge in [-0.15, -0.1) is 0 Å². The Bertz CT molecular complexity index is 1020. The molecule has 1 aromatic heterocycles. The smallest absolute Gasteiger partial charge is 0.232 e. The first kappa shape index (κ1) is 19.5. The zero-order chi connectivity index (χ0) is 20.2. The molecule has 0 unspecified atom stereocenters. The number of ether oxygens (including phenoxy) is 1. The minimum atomic E-state index is 0.116. The maximum atomic E-state index is 12.5. The molecule has 29 heavy (non-hydrogen) atoms. The van der Waals surface area contributed by atoms with E-state index in [0.717, 1.165) is 27.5 Å². The zero-order valence-corrected chi connectivity index (χ0v) is 17.4. The van der Waals surface area contributed by atoms with Crippen LogP contribution < -0.4 is 4.74 Å². The average molecular weight is 406 g/mol. The highest BCUT2D eigenvalue weighted by atomic mass is 32.2. The summed E-state index contributed by atoms with van der Waals surface area (Å²) in [6.45, 7) is 5.42. The molecule has 1 aliphatic rings. The Morgan fingerprint density at radius 2 is 1.76 bits per heavy atom. The molecule has 0 spiro atoms. The Morgan fingerprint density at radius 1 is 1.03 bits per heavy atom. The predicted octanol–water partition coefficient (Wildman–Crippen LogP) is 4.80. The van der Waals surface area contributed by atoms with Gasteiger partial charge in [-0.1, -0.05) is 60.3 Å². The quantitative estimate of drug-likeness (QED) is 0.341. The number of carbonyl (C=O) groups is 1. The second-order valence-electron chi connectivity index (χ2n) is 6.74. The molecule has 0 aliphatic carbocycles. The maximum Gasteiger partial charge on any atom is 0.232 e. The third-order valence-electron chi connectivity index (χ3n) is 4.96. The molecule has 148 valence electrons. The maximum absolute atomic E-state index is 12.5. The van der Waals surface area contributed by atoms with Crippen LogP contribution >= 0.6 is 11.8 Å². The second kappa shape index (κ2) is 8.66. The van der Waals surface area contributed by atoms with Crippen LogP contribution in [0.5, 0.6) is 11.6 Å². The first-order valence-corrected chi connectivity index (χ1v) is 10.8. The second-order valence-corrected chi connectivity index (χ2v) is 7.71. The summed E-state index contributed by atoms with van der Waals surface area (Å²) in [6, 6.07) is 17.8. The molecule has 0 saturated carbocycles. The van der Waals surface area contributed by atoms with Crippen LogP contribution in [0.15, 0.2) is 59.6 Å². The summed E-state index contributed by atoms with van der Waals surface area (Å²) in [7, 11) is 0. The monoisotopic (exact) mass is 405 g/mol. The number of aromatic nitrogens is 2. The molecule has 1 aliphatic heterocycles. The number of rotatable bonds is 6. The fraction of sp³-hybridized carbons (Fsp3) is 0.261. The Morgan fingerprint density at radius 3 is 2.52 bits per heavy atom. The SMILES string of the molecule is CCN(CC)C(=O)CSc1nc(-c2ccccc2)nc2c1Cc1ccccc1O2. The van der Waals surface area contributed by atoms with Crippen molar-refractivity contribution in [3.63, 3.8) is 0 Å². The van der Waals surface area contributed by atoms with Gasteiger partial charge >= 0.3 is 0 Å². The third kappa shape index (κ3) is 4.12. The number of hydrogen-bond donors (Lipinski definition) is 0. The standard InChI is InChI=1S/C23H23N3O2S/c1-3-26(4-2)20(27)15-29-23-18-14-17-12-8-9-13-19(17)28-22(18)24-21(25-23)16-10-6-5-7-11-16/h5-13H,3-4,14-15H2,1-2H3. The van der Waals surface area contributed by atoms with Gasteiger partial charge in [0.05, 0.1) is 11.3 Å². The molecule has 3 aromatic rings. The van der Waals surface area contributed by atoms with E-state index in [0.29, 0.717) is 37.0 Å². The van der Waals surface area contributed by atoms with E-state index in [1.807, 2.05) is 67.3 Å². The largest absolute Gasteiger partial charge is 0.438 e. The lowest BCUT2D eigenvalue weighted by atomic mass is 10.0. The van der Waals surface area contributed by atoms with Crippen molar-refractivity contribution in [3.8, 4) is 23.0 Å². The Hall–Kier alpha value is -2.86. The zero-order valence-electron chi connectivity index (χ0n) is 16.6. The number of carbonyl (C=O) groups excluding carboxylic acids is 1. The van der Waals surface area contributed by atoms with E-state index in [4.69, 9.17) is 14.7 Å². The first-order chi connectivity index (χ1) is 14.2. The third-order valence-corrected chi connectivity index (χ3v) is 5.96. The normalized spacial score (nSPS) is 11.9. The van der Waals surface area contributed by atoms with Gasteiger partial charge in [-0.2, -0.15) is 4.98 Å². The van der Waals surface area contributed by atoms with Gasteiger partial charge in [-0.3, -0.25) is 4.79 Å². The van der Waals surface area contributed by atoms with Gasteiger partial charge in [-0.25, -0.2) is 4.98 Å². The van der Waals surface area contributed by atoms with Crippen molar-refractivity contribution >= 4 is 17.7 Å². The number of fused-ring (bicyclic) bond motifs is 2. The van der Waals surface area contributed by atoms with E-state index in [2.05, 4.69) is 6.07 Å². The number of thioether (sulfide) groups is 1. The molecule has 2 heterocycles. The molecule has 2 aromatic carbocycles. The van der Waals surface area contributed by atoms with Gasteiger partial charge in [0, 0.05) is 25.1 Å². The summed E-state index contributed by atoms with van der Waals surface area (Å²) in [5, 5.41) is 0.809. The first-order valence-electron chi connectivity index (χ1n) is 9.82. The fourth-order valence-electron chi connectivity index (χ4n) is 3.36. The molecule has 0 saturated heterocycles. The average Bonchev–Trinajstić information content (AvgIpc) is 2.77. The molecule has 5 nitrogen and oxygen atoms in total. The summed E-state index contributed by atoms with van der Waals surface area (Å²) in [6.07, 6.45) is 0.697. The Kier molecular flexibility index (Phi) is 5.81. The molecule has 0 radical (unpaired) electrons. The Balaban J connectivity index is 1.70. The van der Waals surface area contributed by atoms with Gasteiger partial charge in [0.2, 0.25) is 11.8 Å². The van der Waals surface area contributed by atoms with Crippen LogP contribution in [0.1, 0.15) is 25.0 Å². The van der Waals surface area contributed by atoms with Crippen molar-refractivity contribution in [3.05, 3.63) is 65.7 Å². The lowest BCUT2D eigenvalue weighted by molar-refractivity contribution is -0.127. The van der Waals surface area contributed by atoms with Crippen LogP contribution in [0.3, 0.4) is 0 Å². The summed E-state index contributed by atoms with van der Waals surface area (Å²) < 4.78 is 6.12. The van der Waals surface area contributed by atoms with E-state index < -0.39 is 0 Å². The van der Waals surface area contributed by atoms with Gasteiger partial charge in [0.1, 0.15) is 10.8 Å². The summed E-state index contributed by atoms with van der Waals surface area (Å²) in [5.41, 5.74) is 2.98. The minimum absolute atomic E-state index is 0.116. The van der Waals surface area contributed by atoms with Crippen molar-refractivity contribution in [2.24, 2.45) is 0 Å². The molecule has 4 rings (SSSR count). The summed E-state index contributed by atoms with van der Waals surface area (Å²) in [4.78, 5) is 23.9. The van der Waals surface area contributed by atoms with E-state index in [-0.39, 0.29) is 5.91 Å². The van der Waals surface area contributed by atoms with E-state index in [1.165, 1.54) is 11.8 Å². The molecule has 0 N–H and O–H groups in total. The van der Waals surface area contributed by atoms with Gasteiger partial charge in [0.15, 0.2) is 5.82 Å². The van der Waals surface area contributed by atoms with Gasteiger partial charge in [-0.05, 0) is 25.5 Å². The van der Waals surface area contributed by atoms with Crippen molar-refractivity contribution in [2.45, 2.75) is 25.3 Å². The van der Waals surface area contributed by atoms with Gasteiger partial charge < -0.3 is 9.64 Å². The van der Waals surface area contributed by atoms with Crippen LogP contribution in [-0.4, -0.2) is 39.6 Å². The fourth-order valence-corrected chi connectivity index (χ4v) is 4.28. The lowest BCUT2D eigenvalue weighted by Gasteiger charge is -2.22. The number of nitrogens with zero attached hydrogens (tertiary/aromatic N) is 3. The predicted molar refractivity (Wildman–Crippen MR) is 115 cm³/mol. The van der Waals surface area contributed by atoms with Crippen LogP contribution in [-0.2, 0) is 11.2 Å². The molecule has 6 heteroatoms. The minimum Gasteiger partial charge on any atom is -0.438 e. The highest BCUT2D eigenvalue weighted by molar-refractivity contribution is 7.99. The van der Waals surface area contributed by atoms with Crippen molar-refractivity contribution in [2.75, 3.05) is 18.8 Å². The Labute approximate surface area is 175 Å². The van der Waals surface area contributed by atoms with E-state index in [9.17, 15) is 4.79 Å². The summed E-state index contributed by atoms with van der Waals surface area (Å²) >= 11 is 1.46. The van der Waals surface area contributed by atoms with Crippen LogP contribution in [0.25, 0.3) is 11.4 Å². The number of para-hydroxylation sites is 1. The van der Waals surface area contributed by atoms with Crippen LogP contribution in [0.4, 0.5) is 0 Å². The molecule has 0 bridgehead atoms. The molecular formula is C23H23N3O2S. The number of amides is 1. The molecule has 0 atom stereocenters. The lowest BCUT2D eigenvalue weighted by Crippen LogP contribution is -2.31. The van der Waals surface area contributed by atoms with Crippen molar-refractivity contribution < 1.29 is 9.53 Å².